The number of hydrogen-bond acceptors (Lipinski definition) is 4. The predicted octanol–water partition coefficient (Wildman–Crippen LogP) is 3.43. The smallest absolute Gasteiger partial charge is 0.351 e. The zero-order chi connectivity index (χ0) is 19.6. The molecular weight excluding hydrogens is 387 g/mol. The summed E-state index contributed by atoms with van der Waals surface area (Å²) in [7, 11) is 0. The SMILES string of the molecule is CC1C(c2c(F)c(F)nc(C(F)(F)F)c2F)OC2NC2OC1C(F)(F)F. The second kappa shape index (κ2) is 5.96. The number of ether oxygens (including phenoxy) is 2. The first-order valence-electron chi connectivity index (χ1n) is 7.07. The maximum absolute atomic E-state index is 14.3. The molecule has 2 aliphatic rings. The molecule has 0 amide bonds. The molecule has 4 nitrogen and oxygen atoms in total. The molecule has 3 heterocycles. The van der Waals surface area contributed by atoms with E-state index in [1.807, 2.05) is 0 Å². The van der Waals surface area contributed by atoms with Crippen molar-refractivity contribution in [3.8, 4) is 0 Å². The van der Waals surface area contributed by atoms with Crippen LogP contribution in [0.4, 0.5) is 39.5 Å². The Labute approximate surface area is 139 Å². The molecule has 1 N–H and O–H groups in total. The Morgan fingerprint density at radius 3 is 2.04 bits per heavy atom. The van der Waals surface area contributed by atoms with Crippen molar-refractivity contribution in [1.82, 2.24) is 10.3 Å². The van der Waals surface area contributed by atoms with Crippen molar-refractivity contribution in [2.45, 2.75) is 43.9 Å². The van der Waals surface area contributed by atoms with E-state index in [1.54, 1.807) is 0 Å². The third-order valence-corrected chi connectivity index (χ3v) is 3.98. The van der Waals surface area contributed by atoms with E-state index in [2.05, 4.69) is 15.0 Å². The lowest BCUT2D eigenvalue weighted by Crippen LogP contribution is -2.41. The predicted molar refractivity (Wildman–Crippen MR) is 63.7 cm³/mol. The minimum atomic E-state index is -5.50. The number of rotatable bonds is 1. The van der Waals surface area contributed by atoms with Crippen molar-refractivity contribution in [2.75, 3.05) is 0 Å². The molecule has 146 valence electrons. The van der Waals surface area contributed by atoms with Crippen LogP contribution in [-0.2, 0) is 15.7 Å². The average molecular weight is 396 g/mol. The molecule has 3 rings (SSSR count). The molecule has 26 heavy (non-hydrogen) atoms. The fourth-order valence-electron chi connectivity index (χ4n) is 2.73. The van der Waals surface area contributed by atoms with Gasteiger partial charge in [0.2, 0.25) is 5.95 Å². The Bertz CT molecular complexity index is 721. The number of nitrogens with zero attached hydrogens (tertiary/aromatic N) is 1. The number of alkyl halides is 6. The van der Waals surface area contributed by atoms with Crippen LogP contribution in [0.15, 0.2) is 0 Å². The molecule has 0 aromatic carbocycles. The third-order valence-electron chi connectivity index (χ3n) is 3.98. The van der Waals surface area contributed by atoms with E-state index in [0.717, 1.165) is 6.92 Å². The summed E-state index contributed by atoms with van der Waals surface area (Å²) in [5, 5.41) is 2.27. The molecule has 5 unspecified atom stereocenters. The summed E-state index contributed by atoms with van der Waals surface area (Å²) >= 11 is 0. The van der Waals surface area contributed by atoms with Crippen LogP contribution in [0.5, 0.6) is 0 Å². The highest BCUT2D eigenvalue weighted by Gasteiger charge is 2.57. The molecule has 0 bridgehead atoms. The largest absolute Gasteiger partial charge is 0.436 e. The first kappa shape index (κ1) is 19.2. The van der Waals surface area contributed by atoms with E-state index in [1.165, 1.54) is 0 Å². The molecule has 2 fully saturated rings. The number of nitrogens with one attached hydrogen (secondary N) is 1. The highest BCUT2D eigenvalue weighted by Crippen LogP contribution is 2.46. The van der Waals surface area contributed by atoms with E-state index < -0.39 is 71.8 Å². The van der Waals surface area contributed by atoms with Crippen LogP contribution in [0.25, 0.3) is 0 Å². The van der Waals surface area contributed by atoms with Crippen LogP contribution in [0.2, 0.25) is 0 Å². The molecule has 0 spiro atoms. The number of aromatic nitrogens is 1. The Hall–Kier alpha value is -1.60. The van der Waals surface area contributed by atoms with Gasteiger partial charge in [0.05, 0.1) is 11.7 Å². The van der Waals surface area contributed by atoms with Gasteiger partial charge < -0.3 is 9.47 Å². The van der Waals surface area contributed by atoms with Gasteiger partial charge in [-0.05, 0) is 0 Å². The lowest BCUT2D eigenvalue weighted by molar-refractivity contribution is -0.241. The van der Waals surface area contributed by atoms with Crippen LogP contribution in [0.1, 0.15) is 24.3 Å². The van der Waals surface area contributed by atoms with Gasteiger partial charge in [-0.1, -0.05) is 6.92 Å². The molecule has 5 atom stereocenters. The standard InChI is InChI=1S/C13H9F9N2O2/c1-2-6(25-10-11(24-10)26-8(2)13(20,21)22)3-4(14)7(12(17,18)19)23-9(16)5(3)15/h2,6,8,10-11,24H,1H3. The number of halogens is 9. The van der Waals surface area contributed by atoms with Gasteiger partial charge in [0.15, 0.2) is 35.9 Å². The van der Waals surface area contributed by atoms with Crippen LogP contribution in [0.3, 0.4) is 0 Å². The van der Waals surface area contributed by atoms with E-state index >= 15 is 0 Å². The Morgan fingerprint density at radius 1 is 0.923 bits per heavy atom. The van der Waals surface area contributed by atoms with Gasteiger partial charge in [0.25, 0.3) is 0 Å². The molecule has 2 aliphatic heterocycles. The minimum Gasteiger partial charge on any atom is -0.351 e. The molecule has 0 saturated carbocycles. The normalized spacial score (nSPS) is 32.2. The molecule has 13 heteroatoms. The van der Waals surface area contributed by atoms with Gasteiger partial charge >= 0.3 is 12.4 Å². The third kappa shape index (κ3) is 3.22. The van der Waals surface area contributed by atoms with Crippen molar-refractivity contribution in [3.05, 3.63) is 28.8 Å². The molecule has 1 aromatic rings. The second-order valence-corrected chi connectivity index (χ2v) is 5.81. The number of hydrogen-bond donors (Lipinski definition) is 1. The van der Waals surface area contributed by atoms with Gasteiger partial charge in [-0.15, -0.1) is 0 Å². The topological polar surface area (TPSA) is 53.3 Å². The van der Waals surface area contributed by atoms with Crippen LogP contribution >= 0.6 is 0 Å². The Kier molecular flexibility index (Phi) is 4.39. The van der Waals surface area contributed by atoms with Crippen molar-refractivity contribution in [2.24, 2.45) is 5.92 Å². The van der Waals surface area contributed by atoms with Crippen molar-refractivity contribution >= 4 is 0 Å². The summed E-state index contributed by atoms with van der Waals surface area (Å²) in [6, 6.07) is 0. The van der Waals surface area contributed by atoms with E-state index in [9.17, 15) is 39.5 Å². The molecule has 0 radical (unpaired) electrons. The number of pyridine rings is 1. The maximum atomic E-state index is 14.3. The van der Waals surface area contributed by atoms with Crippen LogP contribution in [-0.4, -0.2) is 29.7 Å². The lowest BCUT2D eigenvalue weighted by Gasteiger charge is -2.30. The number of fused-ring (bicyclic) bond motifs is 1. The quantitative estimate of drug-likeness (QED) is 0.449. The molecular formula is C13H9F9N2O2. The second-order valence-electron chi connectivity index (χ2n) is 5.81. The fourth-order valence-corrected chi connectivity index (χ4v) is 2.73. The van der Waals surface area contributed by atoms with Gasteiger partial charge in [-0.2, -0.15) is 30.7 Å². The van der Waals surface area contributed by atoms with Crippen molar-refractivity contribution in [3.63, 3.8) is 0 Å². The zero-order valence-corrected chi connectivity index (χ0v) is 12.6. The van der Waals surface area contributed by atoms with E-state index in [4.69, 9.17) is 4.74 Å². The molecule has 0 aliphatic carbocycles. The summed E-state index contributed by atoms with van der Waals surface area (Å²) in [6.45, 7) is 0.818. The molecule has 2 saturated heterocycles. The van der Waals surface area contributed by atoms with Gasteiger partial charge in [0.1, 0.15) is 0 Å². The first-order valence-corrected chi connectivity index (χ1v) is 7.07. The zero-order valence-electron chi connectivity index (χ0n) is 12.6. The van der Waals surface area contributed by atoms with Gasteiger partial charge in [-0.25, -0.2) is 13.8 Å². The van der Waals surface area contributed by atoms with Crippen molar-refractivity contribution in [1.29, 1.82) is 0 Å². The minimum absolute atomic E-state index is 0.818. The van der Waals surface area contributed by atoms with Gasteiger partial charge in [-0.3, -0.25) is 5.32 Å². The summed E-state index contributed by atoms with van der Waals surface area (Å²) in [4.78, 5) is 2.18. The van der Waals surface area contributed by atoms with E-state index in [-0.39, 0.29) is 0 Å². The van der Waals surface area contributed by atoms with E-state index in [0.29, 0.717) is 0 Å². The Balaban J connectivity index is 2.13. The summed E-state index contributed by atoms with van der Waals surface area (Å²) in [5.74, 6) is -8.68. The fraction of sp³-hybridized carbons (Fsp3) is 0.615. The van der Waals surface area contributed by atoms with Crippen LogP contribution < -0.4 is 5.32 Å². The monoisotopic (exact) mass is 396 g/mol. The van der Waals surface area contributed by atoms with Gasteiger partial charge in [0, 0.05) is 5.92 Å². The Morgan fingerprint density at radius 2 is 1.50 bits per heavy atom. The summed E-state index contributed by atoms with van der Waals surface area (Å²) in [6.07, 6.45) is -17.8. The van der Waals surface area contributed by atoms with Crippen molar-refractivity contribution < 1.29 is 49.0 Å². The summed E-state index contributed by atoms with van der Waals surface area (Å²) in [5.41, 5.74) is -4.01. The highest BCUT2D eigenvalue weighted by atomic mass is 19.4. The lowest BCUT2D eigenvalue weighted by atomic mass is 9.91. The first-order chi connectivity index (χ1) is 11.8. The maximum Gasteiger partial charge on any atom is 0.436 e. The summed E-state index contributed by atoms with van der Waals surface area (Å²) < 4.78 is 129. The van der Waals surface area contributed by atoms with Crippen LogP contribution in [0, 0.1) is 23.5 Å². The average Bonchev–Trinajstić information content (AvgIpc) is 3.23. The molecule has 1 aromatic heterocycles. The highest BCUT2D eigenvalue weighted by molar-refractivity contribution is 5.27.